The highest BCUT2D eigenvalue weighted by Gasteiger charge is 2.02. The van der Waals surface area contributed by atoms with Gasteiger partial charge in [-0.3, -0.25) is 0 Å². The lowest BCUT2D eigenvalue weighted by atomic mass is 10.2. The van der Waals surface area contributed by atoms with E-state index in [1.165, 1.54) is 0 Å². The van der Waals surface area contributed by atoms with Crippen LogP contribution in [0.4, 0.5) is 5.82 Å². The number of halogens is 1. The zero-order valence-corrected chi connectivity index (χ0v) is 9.24. The van der Waals surface area contributed by atoms with E-state index >= 15 is 0 Å². The van der Waals surface area contributed by atoms with Crippen LogP contribution < -0.4 is 5.32 Å². The van der Waals surface area contributed by atoms with Crippen LogP contribution in [-0.2, 0) is 0 Å². The van der Waals surface area contributed by atoms with Gasteiger partial charge in [-0.2, -0.15) is 0 Å². The normalized spacial score (nSPS) is 10.3. The van der Waals surface area contributed by atoms with E-state index in [1.807, 2.05) is 31.3 Å². The van der Waals surface area contributed by atoms with Crippen LogP contribution in [0.25, 0.3) is 10.9 Å². The van der Waals surface area contributed by atoms with Gasteiger partial charge in [0.05, 0.1) is 5.52 Å². The summed E-state index contributed by atoms with van der Waals surface area (Å²) in [5, 5.41) is 4.12. The fourth-order valence-corrected chi connectivity index (χ4v) is 1.74. The maximum absolute atomic E-state index is 4.32. The lowest BCUT2D eigenvalue weighted by molar-refractivity contribution is 1.15. The highest BCUT2D eigenvalue weighted by molar-refractivity contribution is 14.1. The van der Waals surface area contributed by atoms with Gasteiger partial charge in [-0.25, -0.2) is 9.97 Å². The predicted octanol–water partition coefficient (Wildman–Crippen LogP) is 2.28. The number of rotatable bonds is 1. The molecule has 0 fully saturated rings. The van der Waals surface area contributed by atoms with Crippen molar-refractivity contribution in [3.8, 4) is 0 Å². The molecule has 0 bridgehead atoms. The number of nitrogens with one attached hydrogen (secondary N) is 1. The molecule has 1 aromatic carbocycles. The molecule has 0 aliphatic heterocycles. The summed E-state index contributed by atoms with van der Waals surface area (Å²) in [6.07, 6.45) is 0. The van der Waals surface area contributed by atoms with Crippen LogP contribution in [0.15, 0.2) is 24.3 Å². The van der Waals surface area contributed by atoms with Gasteiger partial charge in [0.15, 0.2) is 3.83 Å². The van der Waals surface area contributed by atoms with Crippen molar-refractivity contribution in [2.75, 3.05) is 12.4 Å². The average Bonchev–Trinajstić information content (AvgIpc) is 2.16. The zero-order chi connectivity index (χ0) is 9.26. The van der Waals surface area contributed by atoms with Crippen LogP contribution in [0.5, 0.6) is 0 Å². The van der Waals surface area contributed by atoms with Crippen molar-refractivity contribution in [3.05, 3.63) is 28.1 Å². The molecule has 0 unspecified atom stereocenters. The summed E-state index contributed by atoms with van der Waals surface area (Å²) in [5.74, 6) is 0.884. The highest BCUT2D eigenvalue weighted by Crippen LogP contribution is 2.19. The van der Waals surface area contributed by atoms with E-state index in [2.05, 4.69) is 37.9 Å². The Kier molecular flexibility index (Phi) is 2.30. The van der Waals surface area contributed by atoms with Crippen LogP contribution in [-0.4, -0.2) is 17.0 Å². The lowest BCUT2D eigenvalue weighted by Crippen LogP contribution is -1.97. The number of para-hydroxylation sites is 1. The Morgan fingerprint density at radius 1 is 1.23 bits per heavy atom. The summed E-state index contributed by atoms with van der Waals surface area (Å²) in [6.45, 7) is 0. The Morgan fingerprint density at radius 3 is 2.77 bits per heavy atom. The first kappa shape index (κ1) is 8.68. The van der Waals surface area contributed by atoms with Gasteiger partial charge in [0.2, 0.25) is 0 Å². The van der Waals surface area contributed by atoms with Gasteiger partial charge < -0.3 is 5.32 Å². The van der Waals surface area contributed by atoms with Gasteiger partial charge in [-0.15, -0.1) is 0 Å². The molecular weight excluding hydrogens is 277 g/mol. The van der Waals surface area contributed by atoms with E-state index in [9.17, 15) is 0 Å². The maximum Gasteiger partial charge on any atom is 0.193 e. The van der Waals surface area contributed by atoms with Crippen LogP contribution >= 0.6 is 22.6 Å². The van der Waals surface area contributed by atoms with Gasteiger partial charge in [-0.05, 0) is 12.1 Å². The Morgan fingerprint density at radius 2 is 2.00 bits per heavy atom. The molecule has 66 valence electrons. The highest BCUT2D eigenvalue weighted by atomic mass is 127. The minimum absolute atomic E-state index is 0.764. The molecule has 1 N–H and O–H groups in total. The van der Waals surface area contributed by atoms with Crippen molar-refractivity contribution in [2.24, 2.45) is 0 Å². The molecule has 2 aromatic rings. The molecule has 0 saturated heterocycles. The number of hydrogen-bond acceptors (Lipinski definition) is 3. The molecule has 0 spiro atoms. The van der Waals surface area contributed by atoms with Gasteiger partial charge >= 0.3 is 0 Å². The third kappa shape index (κ3) is 1.58. The van der Waals surface area contributed by atoms with Crippen molar-refractivity contribution >= 4 is 39.3 Å². The summed E-state index contributed by atoms with van der Waals surface area (Å²) < 4.78 is 0.764. The zero-order valence-electron chi connectivity index (χ0n) is 7.08. The summed E-state index contributed by atoms with van der Waals surface area (Å²) >= 11 is 2.11. The monoisotopic (exact) mass is 285 g/mol. The maximum atomic E-state index is 4.32. The van der Waals surface area contributed by atoms with Crippen molar-refractivity contribution in [3.63, 3.8) is 0 Å². The Hall–Kier alpha value is -0.910. The fraction of sp³-hybridized carbons (Fsp3) is 0.111. The number of fused-ring (bicyclic) bond motifs is 1. The van der Waals surface area contributed by atoms with Crippen molar-refractivity contribution in [1.29, 1.82) is 0 Å². The molecule has 3 nitrogen and oxygen atoms in total. The Balaban J connectivity index is 2.81. The third-order valence-corrected chi connectivity index (χ3v) is 2.30. The molecule has 0 atom stereocenters. The average molecular weight is 285 g/mol. The van der Waals surface area contributed by atoms with E-state index in [1.54, 1.807) is 0 Å². The second-order valence-corrected chi connectivity index (χ2v) is 3.57. The molecule has 2 rings (SSSR count). The van der Waals surface area contributed by atoms with E-state index in [0.29, 0.717) is 0 Å². The first-order valence-electron chi connectivity index (χ1n) is 3.91. The van der Waals surface area contributed by atoms with E-state index < -0.39 is 0 Å². The fourth-order valence-electron chi connectivity index (χ4n) is 1.24. The van der Waals surface area contributed by atoms with Crippen LogP contribution in [0.3, 0.4) is 0 Å². The molecule has 0 saturated carbocycles. The van der Waals surface area contributed by atoms with Gasteiger partial charge in [0.25, 0.3) is 0 Å². The number of aromatic nitrogens is 2. The smallest absolute Gasteiger partial charge is 0.193 e. The second kappa shape index (κ2) is 3.45. The largest absolute Gasteiger partial charge is 0.372 e. The predicted molar refractivity (Wildman–Crippen MR) is 61.8 cm³/mol. The third-order valence-electron chi connectivity index (χ3n) is 1.81. The number of benzene rings is 1. The molecular formula is C9H8IN3. The SMILES string of the molecule is CNc1nc(I)nc2ccccc12. The minimum atomic E-state index is 0.764. The standard InChI is InChI=1S/C9H8IN3/c1-11-8-6-4-2-3-5-7(6)12-9(10)13-8/h2-5H,1H3,(H,11,12,13). The minimum Gasteiger partial charge on any atom is -0.372 e. The summed E-state index contributed by atoms with van der Waals surface area (Å²) in [4.78, 5) is 8.60. The number of nitrogens with zero attached hydrogens (tertiary/aromatic N) is 2. The molecule has 0 radical (unpaired) electrons. The first-order chi connectivity index (χ1) is 6.31. The lowest BCUT2D eigenvalue weighted by Gasteiger charge is -2.03. The second-order valence-electron chi connectivity index (χ2n) is 2.61. The first-order valence-corrected chi connectivity index (χ1v) is 4.99. The summed E-state index contributed by atoms with van der Waals surface area (Å²) in [7, 11) is 1.87. The Bertz CT molecular complexity index is 442. The van der Waals surface area contributed by atoms with Crippen LogP contribution in [0.1, 0.15) is 0 Å². The van der Waals surface area contributed by atoms with E-state index in [0.717, 1.165) is 20.6 Å². The van der Waals surface area contributed by atoms with Crippen molar-refractivity contribution in [2.45, 2.75) is 0 Å². The molecule has 0 amide bonds. The summed E-state index contributed by atoms with van der Waals surface area (Å²) in [5.41, 5.74) is 0.978. The van der Waals surface area contributed by atoms with Crippen molar-refractivity contribution < 1.29 is 0 Å². The van der Waals surface area contributed by atoms with Crippen LogP contribution in [0, 0.1) is 3.83 Å². The van der Waals surface area contributed by atoms with E-state index in [4.69, 9.17) is 0 Å². The van der Waals surface area contributed by atoms with E-state index in [-0.39, 0.29) is 0 Å². The molecule has 0 aliphatic carbocycles. The molecule has 13 heavy (non-hydrogen) atoms. The summed E-state index contributed by atoms with van der Waals surface area (Å²) in [6, 6.07) is 7.96. The van der Waals surface area contributed by atoms with Gasteiger partial charge in [0.1, 0.15) is 5.82 Å². The van der Waals surface area contributed by atoms with Crippen molar-refractivity contribution in [1.82, 2.24) is 9.97 Å². The molecule has 1 aromatic heterocycles. The Labute approximate surface area is 89.7 Å². The topological polar surface area (TPSA) is 37.8 Å². The van der Waals surface area contributed by atoms with Crippen LogP contribution in [0.2, 0.25) is 0 Å². The molecule has 4 heteroatoms. The van der Waals surface area contributed by atoms with Gasteiger partial charge in [-0.1, -0.05) is 12.1 Å². The number of hydrogen-bond donors (Lipinski definition) is 1. The molecule has 1 heterocycles. The molecule has 0 aliphatic rings. The van der Waals surface area contributed by atoms with Gasteiger partial charge in [0, 0.05) is 35.0 Å². The quantitative estimate of drug-likeness (QED) is 0.645. The number of anilines is 1.